The number of para-hydroxylation sites is 1. The maximum absolute atomic E-state index is 12.7. The molecular formula is C25H24N2O3. The van der Waals surface area contributed by atoms with Crippen LogP contribution in [-0.2, 0) is 24.4 Å². The van der Waals surface area contributed by atoms with E-state index in [1.165, 1.54) is 0 Å². The minimum absolute atomic E-state index is 0.0280. The number of hydrogen-bond donors (Lipinski definition) is 1. The highest BCUT2D eigenvalue weighted by molar-refractivity contribution is 5.97. The molecule has 0 saturated heterocycles. The fraction of sp³-hybridized carbons (Fsp3) is 0.200. The second kappa shape index (κ2) is 8.82. The molecule has 0 radical (unpaired) electrons. The molecule has 152 valence electrons. The van der Waals surface area contributed by atoms with E-state index < -0.39 is 0 Å². The highest BCUT2D eigenvalue weighted by Gasteiger charge is 2.23. The maximum Gasteiger partial charge on any atom is 0.251 e. The first-order valence-electron chi connectivity index (χ1n) is 10.1. The average molecular weight is 400 g/mol. The van der Waals surface area contributed by atoms with E-state index in [-0.39, 0.29) is 11.8 Å². The Morgan fingerprint density at radius 3 is 2.47 bits per heavy atom. The lowest BCUT2D eigenvalue weighted by Crippen LogP contribution is -2.26. The summed E-state index contributed by atoms with van der Waals surface area (Å²) in [6.07, 6.45) is 0.774. The Kier molecular flexibility index (Phi) is 5.80. The zero-order valence-electron chi connectivity index (χ0n) is 16.9. The third-order valence-corrected chi connectivity index (χ3v) is 5.31. The van der Waals surface area contributed by atoms with Crippen LogP contribution in [0, 0.1) is 0 Å². The molecule has 2 amide bonds. The molecule has 1 N–H and O–H groups in total. The standard InChI is InChI=1S/C25H24N2O3/c1-18(28)27-14-13-19-15-20(11-12-24(19)27)25(29)26-16-21-7-5-6-8-22(21)17-30-23-9-3-2-4-10-23/h2-12,15H,13-14,16-17H2,1H3,(H,26,29). The second-order valence-corrected chi connectivity index (χ2v) is 7.32. The number of carbonyl (C=O) groups is 2. The third kappa shape index (κ3) is 4.35. The normalized spacial score (nSPS) is 12.4. The molecule has 1 aliphatic heterocycles. The molecule has 0 fully saturated rings. The van der Waals surface area contributed by atoms with Crippen molar-refractivity contribution in [3.63, 3.8) is 0 Å². The maximum atomic E-state index is 12.7. The molecule has 0 unspecified atom stereocenters. The van der Waals surface area contributed by atoms with Crippen molar-refractivity contribution < 1.29 is 14.3 Å². The Bertz CT molecular complexity index is 1060. The summed E-state index contributed by atoms with van der Waals surface area (Å²) in [5.41, 5.74) is 4.60. The molecule has 3 aromatic carbocycles. The van der Waals surface area contributed by atoms with Gasteiger partial charge in [0.05, 0.1) is 0 Å². The van der Waals surface area contributed by atoms with Gasteiger partial charge in [-0.2, -0.15) is 0 Å². The second-order valence-electron chi connectivity index (χ2n) is 7.32. The summed E-state index contributed by atoms with van der Waals surface area (Å²) in [6.45, 7) is 3.10. The summed E-state index contributed by atoms with van der Waals surface area (Å²) in [4.78, 5) is 26.2. The highest BCUT2D eigenvalue weighted by Crippen LogP contribution is 2.29. The monoisotopic (exact) mass is 400 g/mol. The first-order valence-corrected chi connectivity index (χ1v) is 10.1. The van der Waals surface area contributed by atoms with E-state index in [0.717, 1.165) is 34.5 Å². The Morgan fingerprint density at radius 2 is 1.70 bits per heavy atom. The van der Waals surface area contributed by atoms with E-state index in [2.05, 4.69) is 5.32 Å². The summed E-state index contributed by atoms with van der Waals surface area (Å²) in [5, 5.41) is 3.00. The molecule has 0 aromatic heterocycles. The van der Waals surface area contributed by atoms with Gasteiger partial charge in [-0.1, -0.05) is 42.5 Å². The molecule has 0 bridgehead atoms. The Hall–Kier alpha value is -3.60. The van der Waals surface area contributed by atoms with Crippen LogP contribution in [0.15, 0.2) is 72.8 Å². The highest BCUT2D eigenvalue weighted by atomic mass is 16.5. The Balaban J connectivity index is 1.40. The average Bonchev–Trinajstić information content (AvgIpc) is 3.21. The van der Waals surface area contributed by atoms with Gasteiger partial charge in [0, 0.05) is 31.3 Å². The predicted octanol–water partition coefficient (Wildman–Crippen LogP) is 4.10. The topological polar surface area (TPSA) is 58.6 Å². The summed E-state index contributed by atoms with van der Waals surface area (Å²) >= 11 is 0. The van der Waals surface area contributed by atoms with Crippen molar-refractivity contribution in [2.24, 2.45) is 0 Å². The number of fused-ring (bicyclic) bond motifs is 1. The number of carbonyl (C=O) groups excluding carboxylic acids is 2. The van der Waals surface area contributed by atoms with Crippen LogP contribution < -0.4 is 15.0 Å². The summed E-state index contributed by atoms with van der Waals surface area (Å²) < 4.78 is 5.86. The van der Waals surface area contributed by atoms with Crippen LogP contribution in [0.1, 0.15) is 34.0 Å². The summed E-state index contributed by atoms with van der Waals surface area (Å²) in [7, 11) is 0. The SMILES string of the molecule is CC(=O)N1CCc2cc(C(=O)NCc3ccccc3COc3ccccc3)ccc21. The zero-order chi connectivity index (χ0) is 20.9. The molecule has 5 heteroatoms. The van der Waals surface area contributed by atoms with Gasteiger partial charge < -0.3 is 15.0 Å². The number of ether oxygens (including phenoxy) is 1. The minimum Gasteiger partial charge on any atom is -0.489 e. The molecule has 0 aliphatic carbocycles. The van der Waals surface area contributed by atoms with Crippen LogP contribution in [0.2, 0.25) is 0 Å². The van der Waals surface area contributed by atoms with Crippen LogP contribution in [0.4, 0.5) is 5.69 Å². The van der Waals surface area contributed by atoms with E-state index in [9.17, 15) is 9.59 Å². The largest absolute Gasteiger partial charge is 0.489 e. The molecular weight excluding hydrogens is 376 g/mol. The molecule has 0 saturated carbocycles. The lowest BCUT2D eigenvalue weighted by Gasteiger charge is -2.15. The third-order valence-electron chi connectivity index (χ3n) is 5.31. The quantitative estimate of drug-likeness (QED) is 0.678. The molecule has 3 aromatic rings. The lowest BCUT2D eigenvalue weighted by atomic mass is 10.1. The van der Waals surface area contributed by atoms with Crippen molar-refractivity contribution in [2.45, 2.75) is 26.5 Å². The van der Waals surface area contributed by atoms with Crippen molar-refractivity contribution in [3.05, 3.63) is 95.1 Å². The number of benzene rings is 3. The Morgan fingerprint density at radius 1 is 0.967 bits per heavy atom. The van der Waals surface area contributed by atoms with Crippen LogP contribution in [-0.4, -0.2) is 18.4 Å². The van der Waals surface area contributed by atoms with Gasteiger partial charge in [0.2, 0.25) is 5.91 Å². The molecule has 1 aliphatic rings. The van der Waals surface area contributed by atoms with Crippen LogP contribution in [0.25, 0.3) is 0 Å². The van der Waals surface area contributed by atoms with Crippen LogP contribution in [0.5, 0.6) is 5.75 Å². The van der Waals surface area contributed by atoms with Gasteiger partial charge in [0.15, 0.2) is 0 Å². The van der Waals surface area contributed by atoms with Gasteiger partial charge in [-0.05, 0) is 53.4 Å². The summed E-state index contributed by atoms with van der Waals surface area (Å²) in [6, 6.07) is 23.1. The molecule has 0 atom stereocenters. The predicted molar refractivity (Wildman–Crippen MR) is 117 cm³/mol. The van der Waals surface area contributed by atoms with Gasteiger partial charge in [-0.3, -0.25) is 9.59 Å². The van der Waals surface area contributed by atoms with Gasteiger partial charge in [-0.15, -0.1) is 0 Å². The van der Waals surface area contributed by atoms with Crippen molar-refractivity contribution in [1.82, 2.24) is 5.32 Å². The van der Waals surface area contributed by atoms with Crippen molar-refractivity contribution in [1.29, 1.82) is 0 Å². The van der Waals surface area contributed by atoms with E-state index in [0.29, 0.717) is 25.3 Å². The minimum atomic E-state index is -0.127. The number of rotatable bonds is 6. The van der Waals surface area contributed by atoms with Crippen LogP contribution in [0.3, 0.4) is 0 Å². The number of nitrogens with zero attached hydrogens (tertiary/aromatic N) is 1. The van der Waals surface area contributed by atoms with E-state index in [1.54, 1.807) is 17.9 Å². The van der Waals surface area contributed by atoms with Gasteiger partial charge in [0.1, 0.15) is 12.4 Å². The van der Waals surface area contributed by atoms with Gasteiger partial charge in [0.25, 0.3) is 5.91 Å². The van der Waals surface area contributed by atoms with E-state index in [4.69, 9.17) is 4.74 Å². The fourth-order valence-electron chi connectivity index (χ4n) is 3.70. The zero-order valence-corrected chi connectivity index (χ0v) is 16.9. The van der Waals surface area contributed by atoms with Gasteiger partial charge >= 0.3 is 0 Å². The fourth-order valence-corrected chi connectivity index (χ4v) is 3.70. The van der Waals surface area contributed by atoms with E-state index in [1.807, 2.05) is 66.7 Å². The molecule has 1 heterocycles. The first kappa shape index (κ1) is 19.7. The molecule has 30 heavy (non-hydrogen) atoms. The van der Waals surface area contributed by atoms with Gasteiger partial charge in [-0.25, -0.2) is 0 Å². The number of anilines is 1. The van der Waals surface area contributed by atoms with Crippen LogP contribution >= 0.6 is 0 Å². The van der Waals surface area contributed by atoms with Crippen molar-refractivity contribution in [2.75, 3.05) is 11.4 Å². The van der Waals surface area contributed by atoms with Crippen molar-refractivity contribution >= 4 is 17.5 Å². The first-order chi connectivity index (χ1) is 14.6. The molecule has 5 nitrogen and oxygen atoms in total. The van der Waals surface area contributed by atoms with Crippen molar-refractivity contribution in [3.8, 4) is 5.75 Å². The Labute approximate surface area is 176 Å². The number of nitrogens with one attached hydrogen (secondary N) is 1. The molecule has 0 spiro atoms. The molecule has 4 rings (SSSR count). The summed E-state index contributed by atoms with van der Waals surface area (Å²) in [5.74, 6) is 0.715. The number of amides is 2. The lowest BCUT2D eigenvalue weighted by molar-refractivity contribution is -0.116. The van der Waals surface area contributed by atoms with E-state index >= 15 is 0 Å². The number of hydrogen-bond acceptors (Lipinski definition) is 3. The smallest absolute Gasteiger partial charge is 0.251 e.